The SMILES string of the molecule is [Cl-].[H-].c1c[nH][c]([Zr+2][c]2ccc[nH]2)c1. The summed E-state index contributed by atoms with van der Waals surface area (Å²) in [5.74, 6) is 0. The summed E-state index contributed by atoms with van der Waals surface area (Å²) in [6, 6.07) is 8.43. The molecule has 0 unspecified atom stereocenters. The van der Waals surface area contributed by atoms with E-state index in [1.807, 2.05) is 12.4 Å². The summed E-state index contributed by atoms with van der Waals surface area (Å²) in [6.07, 6.45) is 3.97. The molecule has 0 radical (unpaired) electrons. The topological polar surface area (TPSA) is 31.6 Å². The summed E-state index contributed by atoms with van der Waals surface area (Å²) < 4.78 is 2.83. The predicted molar refractivity (Wildman–Crippen MR) is 42.0 cm³/mol. The van der Waals surface area contributed by atoms with Crippen LogP contribution in [0.15, 0.2) is 36.7 Å². The molecule has 0 fully saturated rings. The van der Waals surface area contributed by atoms with Crippen LogP contribution in [0.3, 0.4) is 0 Å². The normalized spacial score (nSPS) is 8.67. The molecule has 0 spiro atoms. The van der Waals surface area contributed by atoms with Gasteiger partial charge in [-0.15, -0.1) is 0 Å². The molecule has 12 heavy (non-hydrogen) atoms. The van der Waals surface area contributed by atoms with Crippen LogP contribution in [0.4, 0.5) is 0 Å². The molecular formula is C8H9ClN2Zr. The van der Waals surface area contributed by atoms with Gasteiger partial charge in [-0.2, -0.15) is 0 Å². The van der Waals surface area contributed by atoms with Crippen LogP contribution in [-0.4, -0.2) is 9.97 Å². The molecule has 0 saturated carbocycles. The minimum absolute atomic E-state index is 0. The van der Waals surface area contributed by atoms with Gasteiger partial charge in [0.25, 0.3) is 0 Å². The average molecular weight is 260 g/mol. The van der Waals surface area contributed by atoms with E-state index < -0.39 is 23.2 Å². The van der Waals surface area contributed by atoms with Gasteiger partial charge in [-0.1, -0.05) is 0 Å². The van der Waals surface area contributed by atoms with Crippen LogP contribution in [0, 0.1) is 0 Å². The number of hydrogen-bond donors (Lipinski definition) is 2. The third-order valence-electron chi connectivity index (χ3n) is 1.47. The van der Waals surface area contributed by atoms with Crippen molar-refractivity contribution in [2.75, 3.05) is 0 Å². The fourth-order valence-corrected chi connectivity index (χ4v) is 3.32. The Morgan fingerprint density at radius 1 is 1.00 bits per heavy atom. The van der Waals surface area contributed by atoms with E-state index in [9.17, 15) is 0 Å². The quantitative estimate of drug-likeness (QED) is 0.598. The number of H-pyrrole nitrogens is 2. The van der Waals surface area contributed by atoms with Gasteiger partial charge in [0.15, 0.2) is 0 Å². The Balaban J connectivity index is 0.000000720. The van der Waals surface area contributed by atoms with Crippen LogP contribution in [0.5, 0.6) is 0 Å². The number of hydrogen-bond acceptors (Lipinski definition) is 0. The summed E-state index contributed by atoms with van der Waals surface area (Å²) in [6.45, 7) is 0. The molecule has 2 rings (SSSR count). The van der Waals surface area contributed by atoms with E-state index in [0.29, 0.717) is 0 Å². The van der Waals surface area contributed by atoms with Gasteiger partial charge in [-0.25, -0.2) is 0 Å². The van der Waals surface area contributed by atoms with Crippen LogP contribution < -0.4 is 19.2 Å². The van der Waals surface area contributed by atoms with Crippen molar-refractivity contribution in [1.82, 2.24) is 9.97 Å². The summed E-state index contributed by atoms with van der Waals surface area (Å²) in [4.78, 5) is 6.46. The van der Waals surface area contributed by atoms with Gasteiger partial charge in [0.1, 0.15) is 0 Å². The molecule has 0 aliphatic carbocycles. The first-order valence-electron chi connectivity index (χ1n) is 3.49. The minimum atomic E-state index is -0.534. The van der Waals surface area contributed by atoms with Crippen molar-refractivity contribution < 1.29 is 37.1 Å². The molecule has 62 valence electrons. The number of rotatable bonds is 2. The maximum absolute atomic E-state index is 3.23. The van der Waals surface area contributed by atoms with E-state index in [4.69, 9.17) is 0 Å². The Labute approximate surface area is 90.2 Å². The van der Waals surface area contributed by atoms with Gasteiger partial charge in [0.05, 0.1) is 0 Å². The molecule has 2 N–H and O–H groups in total. The number of aromatic amines is 2. The fraction of sp³-hybridized carbons (Fsp3) is 0. The first-order chi connectivity index (χ1) is 5.45. The Hall–Kier alpha value is -0.267. The Bertz CT molecular complexity index is 275. The molecule has 2 aromatic rings. The van der Waals surface area contributed by atoms with Crippen molar-refractivity contribution >= 4 is 6.80 Å². The molecule has 0 bridgehead atoms. The fourth-order valence-electron chi connectivity index (χ4n) is 0.961. The van der Waals surface area contributed by atoms with Gasteiger partial charge >= 0.3 is 76.7 Å². The third-order valence-corrected chi connectivity index (χ3v) is 4.32. The summed E-state index contributed by atoms with van der Waals surface area (Å²) in [5, 5.41) is 0. The van der Waals surface area contributed by atoms with E-state index in [1.54, 1.807) is 0 Å². The molecular weight excluding hydrogens is 251 g/mol. The molecule has 2 nitrogen and oxygen atoms in total. The van der Waals surface area contributed by atoms with E-state index in [1.165, 1.54) is 6.80 Å². The van der Waals surface area contributed by atoms with Crippen LogP contribution in [0.2, 0.25) is 0 Å². The Morgan fingerprint density at radius 3 is 1.83 bits per heavy atom. The molecule has 4 heteroatoms. The van der Waals surface area contributed by atoms with Crippen molar-refractivity contribution in [2.24, 2.45) is 0 Å². The number of halogens is 1. The zero-order valence-electron chi connectivity index (χ0n) is 7.34. The van der Waals surface area contributed by atoms with Crippen LogP contribution >= 0.6 is 0 Å². The molecule has 0 amide bonds. The van der Waals surface area contributed by atoms with E-state index in [0.717, 1.165) is 0 Å². The zero-order chi connectivity index (χ0) is 7.52. The first-order valence-corrected chi connectivity index (χ1v) is 5.95. The van der Waals surface area contributed by atoms with Gasteiger partial charge in [-0.3, -0.25) is 0 Å². The third kappa shape index (κ3) is 2.36. The predicted octanol–water partition coefficient (Wildman–Crippen LogP) is -2.51. The number of aromatic nitrogens is 2. The van der Waals surface area contributed by atoms with Gasteiger partial charge in [-0.05, 0) is 0 Å². The average Bonchev–Trinajstić information content (AvgIpc) is 2.60. The summed E-state index contributed by atoms with van der Waals surface area (Å²) in [5.41, 5.74) is 0. The van der Waals surface area contributed by atoms with Gasteiger partial charge in [0, 0.05) is 0 Å². The molecule has 0 aliphatic heterocycles. The molecule has 0 aliphatic rings. The van der Waals surface area contributed by atoms with E-state index >= 15 is 0 Å². The first kappa shape index (κ1) is 9.82. The maximum atomic E-state index is 3.23. The monoisotopic (exact) mass is 258 g/mol. The standard InChI is InChI=1S/2C4H4N.ClH.Zr.H/c2*1-2-4-5-3-1;;;/h2*1-3,5H;1H;;/q;;;+2;-1/p-1. The van der Waals surface area contributed by atoms with E-state index in [2.05, 4.69) is 34.2 Å². The van der Waals surface area contributed by atoms with Crippen molar-refractivity contribution in [3.8, 4) is 0 Å². The van der Waals surface area contributed by atoms with Crippen molar-refractivity contribution in [2.45, 2.75) is 0 Å². The van der Waals surface area contributed by atoms with E-state index in [-0.39, 0.29) is 13.8 Å². The Morgan fingerprint density at radius 2 is 1.50 bits per heavy atom. The molecule has 0 aromatic carbocycles. The van der Waals surface area contributed by atoms with Crippen molar-refractivity contribution in [3.63, 3.8) is 0 Å². The van der Waals surface area contributed by atoms with Crippen LogP contribution in [0.25, 0.3) is 0 Å². The Kier molecular flexibility index (Phi) is 3.83. The van der Waals surface area contributed by atoms with Gasteiger partial charge < -0.3 is 13.8 Å². The molecule has 0 atom stereocenters. The van der Waals surface area contributed by atoms with Crippen molar-refractivity contribution in [1.29, 1.82) is 0 Å². The second-order valence-corrected chi connectivity index (χ2v) is 5.56. The van der Waals surface area contributed by atoms with Crippen LogP contribution in [-0.2, 0) is 23.2 Å². The molecule has 2 aromatic heterocycles. The molecule has 0 saturated heterocycles. The molecule has 2 heterocycles. The zero-order valence-corrected chi connectivity index (χ0v) is 9.56. The summed E-state index contributed by atoms with van der Waals surface area (Å²) >= 11 is -0.534. The second kappa shape index (κ2) is 4.68. The van der Waals surface area contributed by atoms with Crippen LogP contribution in [0.1, 0.15) is 1.43 Å². The number of nitrogens with one attached hydrogen (secondary N) is 2. The second-order valence-electron chi connectivity index (χ2n) is 2.29. The van der Waals surface area contributed by atoms with Gasteiger partial charge in [0.2, 0.25) is 0 Å². The summed E-state index contributed by atoms with van der Waals surface area (Å²) in [7, 11) is 0. The van der Waals surface area contributed by atoms with Crippen molar-refractivity contribution in [3.05, 3.63) is 36.7 Å².